The van der Waals surface area contributed by atoms with Gasteiger partial charge in [-0.25, -0.2) is 13.4 Å². The predicted octanol–water partition coefficient (Wildman–Crippen LogP) is 2.54. The van der Waals surface area contributed by atoms with Crippen molar-refractivity contribution in [2.75, 3.05) is 31.9 Å². The maximum atomic E-state index is 12.4. The molecule has 0 aromatic carbocycles. The molecule has 1 aromatic rings. The Morgan fingerprint density at radius 1 is 1.12 bits per heavy atom. The molecule has 0 bridgehead atoms. The zero-order chi connectivity index (χ0) is 18.6. The van der Waals surface area contributed by atoms with Crippen molar-refractivity contribution in [1.82, 2.24) is 19.4 Å². The highest BCUT2D eigenvalue weighted by Gasteiger charge is 2.28. The van der Waals surface area contributed by atoms with Crippen LogP contribution in [0.3, 0.4) is 0 Å². The number of hydrogen-bond acceptors (Lipinski definition) is 5. The number of piperidine rings is 1. The highest BCUT2D eigenvalue weighted by atomic mass is 32.2. The highest BCUT2D eigenvalue weighted by Crippen LogP contribution is 2.23. The van der Waals surface area contributed by atoms with Crippen molar-refractivity contribution < 1.29 is 8.42 Å². The maximum absolute atomic E-state index is 12.4. The molecule has 1 aromatic heterocycles. The van der Waals surface area contributed by atoms with E-state index >= 15 is 0 Å². The molecule has 0 aliphatic carbocycles. The van der Waals surface area contributed by atoms with Gasteiger partial charge in [-0.2, -0.15) is 0 Å². The number of hydrogen-bond donors (Lipinski definition) is 0. The molecule has 0 spiro atoms. The normalized spacial score (nSPS) is 20.8. The Bertz CT molecular complexity index is 672. The van der Waals surface area contributed by atoms with Crippen LogP contribution < -0.4 is 0 Å². The second-order valence-corrected chi connectivity index (χ2v) is 9.86. The molecule has 26 heavy (non-hydrogen) atoms. The van der Waals surface area contributed by atoms with Gasteiger partial charge in [0.05, 0.1) is 17.6 Å². The van der Waals surface area contributed by atoms with Crippen LogP contribution >= 0.6 is 0 Å². The van der Waals surface area contributed by atoms with Crippen LogP contribution in [0.15, 0.2) is 11.4 Å². The SMILES string of the molecule is CCCCn1c(CN2CCC(N3CCCC3)CC2)cnc1S(=O)(=O)CC. The number of nitrogens with zero attached hydrogens (tertiary/aromatic N) is 4. The summed E-state index contributed by atoms with van der Waals surface area (Å²) in [5.74, 6) is 0.108. The smallest absolute Gasteiger partial charge is 0.227 e. The molecular formula is C19H34N4O2S. The summed E-state index contributed by atoms with van der Waals surface area (Å²) in [5.41, 5.74) is 1.05. The molecule has 3 rings (SSSR count). The van der Waals surface area contributed by atoms with Gasteiger partial charge in [0.15, 0.2) is 0 Å². The first-order chi connectivity index (χ1) is 12.5. The molecule has 148 valence electrons. The molecule has 2 aliphatic heterocycles. The molecule has 0 amide bonds. The van der Waals surface area contributed by atoms with Gasteiger partial charge in [0.25, 0.3) is 0 Å². The molecule has 0 unspecified atom stereocenters. The Balaban J connectivity index is 1.66. The Kier molecular flexibility index (Phi) is 6.75. The van der Waals surface area contributed by atoms with Gasteiger partial charge in [0.1, 0.15) is 0 Å². The van der Waals surface area contributed by atoms with Gasteiger partial charge in [-0.05, 0) is 45.2 Å². The van der Waals surface area contributed by atoms with Crippen LogP contribution in [0.25, 0.3) is 0 Å². The summed E-state index contributed by atoms with van der Waals surface area (Å²) in [7, 11) is -3.27. The average Bonchev–Trinajstić information content (AvgIpc) is 3.31. The summed E-state index contributed by atoms with van der Waals surface area (Å²) in [6.07, 6.45) is 8.96. The van der Waals surface area contributed by atoms with Crippen LogP contribution in [0, 0.1) is 0 Å². The van der Waals surface area contributed by atoms with Crippen molar-refractivity contribution >= 4 is 9.84 Å². The fourth-order valence-corrected chi connectivity index (χ4v) is 5.25. The molecular weight excluding hydrogens is 348 g/mol. The number of likely N-dealkylation sites (tertiary alicyclic amines) is 2. The fourth-order valence-electron chi connectivity index (χ4n) is 4.23. The maximum Gasteiger partial charge on any atom is 0.227 e. The predicted molar refractivity (Wildman–Crippen MR) is 104 cm³/mol. The minimum atomic E-state index is -3.27. The Morgan fingerprint density at radius 2 is 1.81 bits per heavy atom. The van der Waals surface area contributed by atoms with Crippen LogP contribution in [0.4, 0.5) is 0 Å². The average molecular weight is 383 g/mol. The lowest BCUT2D eigenvalue weighted by molar-refractivity contribution is 0.121. The number of imidazole rings is 1. The van der Waals surface area contributed by atoms with Crippen molar-refractivity contribution in [3.05, 3.63) is 11.9 Å². The van der Waals surface area contributed by atoms with Gasteiger partial charge in [-0.15, -0.1) is 0 Å². The van der Waals surface area contributed by atoms with Crippen molar-refractivity contribution in [2.45, 2.75) is 76.7 Å². The second kappa shape index (κ2) is 8.85. The summed E-state index contributed by atoms with van der Waals surface area (Å²) in [4.78, 5) is 9.42. The third-order valence-corrected chi connectivity index (χ3v) is 7.54. The number of unbranched alkanes of at least 4 members (excludes halogenated alkanes) is 1. The highest BCUT2D eigenvalue weighted by molar-refractivity contribution is 7.91. The third-order valence-electron chi connectivity index (χ3n) is 5.89. The fraction of sp³-hybridized carbons (Fsp3) is 0.842. The van der Waals surface area contributed by atoms with Crippen molar-refractivity contribution in [2.24, 2.45) is 0 Å². The van der Waals surface area contributed by atoms with E-state index in [0.29, 0.717) is 0 Å². The van der Waals surface area contributed by atoms with E-state index in [1.54, 1.807) is 13.1 Å². The van der Waals surface area contributed by atoms with Gasteiger partial charge in [0.2, 0.25) is 15.0 Å². The van der Waals surface area contributed by atoms with Crippen LogP contribution in [-0.2, 0) is 22.9 Å². The first-order valence-corrected chi connectivity index (χ1v) is 11.9. The first kappa shape index (κ1) is 19.8. The summed E-state index contributed by atoms with van der Waals surface area (Å²) >= 11 is 0. The third kappa shape index (κ3) is 4.49. The molecule has 2 aliphatic rings. The Hall–Kier alpha value is -0.920. The molecule has 7 heteroatoms. The number of sulfone groups is 1. The molecule has 3 heterocycles. The van der Waals surface area contributed by atoms with Gasteiger partial charge in [0, 0.05) is 32.2 Å². The summed E-state index contributed by atoms with van der Waals surface area (Å²) < 4.78 is 26.7. The van der Waals surface area contributed by atoms with Crippen molar-refractivity contribution in [3.63, 3.8) is 0 Å². The summed E-state index contributed by atoms with van der Waals surface area (Å²) in [5, 5.41) is 0.260. The van der Waals surface area contributed by atoms with Crippen LogP contribution in [0.5, 0.6) is 0 Å². The van der Waals surface area contributed by atoms with Gasteiger partial charge >= 0.3 is 0 Å². The monoisotopic (exact) mass is 382 g/mol. The molecule has 2 saturated heterocycles. The van der Waals surface area contributed by atoms with Crippen LogP contribution in [0.1, 0.15) is 58.1 Å². The van der Waals surface area contributed by atoms with E-state index in [4.69, 9.17) is 0 Å². The summed E-state index contributed by atoms with van der Waals surface area (Å²) in [6, 6.07) is 0.745. The molecule has 0 radical (unpaired) electrons. The van der Waals surface area contributed by atoms with Crippen LogP contribution in [-0.4, -0.2) is 65.7 Å². The lowest BCUT2D eigenvalue weighted by Gasteiger charge is -2.36. The number of aromatic nitrogens is 2. The molecule has 6 nitrogen and oxygen atoms in total. The topological polar surface area (TPSA) is 58.4 Å². The number of rotatable bonds is 8. The Morgan fingerprint density at radius 3 is 2.42 bits per heavy atom. The lowest BCUT2D eigenvalue weighted by Crippen LogP contribution is -2.43. The van der Waals surface area contributed by atoms with Gasteiger partial charge in [-0.3, -0.25) is 4.90 Å². The standard InChI is InChI=1S/C19H34N4O2S/c1-3-5-12-23-18(15-20-19(23)26(24,25)4-2)16-21-13-8-17(9-14-21)22-10-6-7-11-22/h15,17H,3-14,16H2,1-2H3. The molecule has 0 atom stereocenters. The van der Waals surface area contributed by atoms with Gasteiger partial charge < -0.3 is 9.47 Å². The van der Waals surface area contributed by atoms with Crippen LogP contribution in [0.2, 0.25) is 0 Å². The first-order valence-electron chi connectivity index (χ1n) is 10.3. The second-order valence-electron chi connectivity index (χ2n) is 7.69. The lowest BCUT2D eigenvalue weighted by atomic mass is 10.0. The van der Waals surface area contributed by atoms with E-state index < -0.39 is 9.84 Å². The summed E-state index contributed by atoms with van der Waals surface area (Å²) in [6.45, 7) is 10.1. The van der Waals surface area contributed by atoms with E-state index in [1.807, 2.05) is 4.57 Å². The van der Waals surface area contributed by atoms with E-state index in [-0.39, 0.29) is 10.9 Å². The Labute approximate surface area is 158 Å². The molecule has 0 saturated carbocycles. The zero-order valence-corrected chi connectivity index (χ0v) is 17.2. The van der Waals surface area contributed by atoms with Crippen molar-refractivity contribution in [1.29, 1.82) is 0 Å². The van der Waals surface area contributed by atoms with E-state index in [2.05, 4.69) is 21.7 Å². The zero-order valence-electron chi connectivity index (χ0n) is 16.4. The van der Waals surface area contributed by atoms with Crippen molar-refractivity contribution in [3.8, 4) is 0 Å². The quantitative estimate of drug-likeness (QED) is 0.691. The minimum Gasteiger partial charge on any atom is -0.318 e. The van der Waals surface area contributed by atoms with E-state index in [9.17, 15) is 8.42 Å². The minimum absolute atomic E-state index is 0.108. The molecule has 2 fully saturated rings. The van der Waals surface area contributed by atoms with E-state index in [0.717, 1.165) is 50.8 Å². The molecule has 0 N–H and O–H groups in total. The van der Waals surface area contributed by atoms with E-state index in [1.165, 1.54) is 38.8 Å². The van der Waals surface area contributed by atoms with Gasteiger partial charge in [-0.1, -0.05) is 20.3 Å². The largest absolute Gasteiger partial charge is 0.318 e.